The van der Waals surface area contributed by atoms with Crippen molar-refractivity contribution in [2.24, 2.45) is 10.7 Å². The summed E-state index contributed by atoms with van der Waals surface area (Å²) in [6.07, 6.45) is 1.69. The van der Waals surface area contributed by atoms with Gasteiger partial charge in [0.15, 0.2) is 5.82 Å². The zero-order valence-electron chi connectivity index (χ0n) is 6.82. The number of hydrogen-bond donors (Lipinski definition) is 2. The van der Waals surface area contributed by atoms with Crippen LogP contribution in [0.4, 0.5) is 11.5 Å². The van der Waals surface area contributed by atoms with Crippen molar-refractivity contribution in [3.63, 3.8) is 0 Å². The molecule has 0 aliphatic carbocycles. The van der Waals surface area contributed by atoms with Crippen LogP contribution in [0.5, 0.6) is 0 Å². The minimum absolute atomic E-state index is 0.236. The van der Waals surface area contributed by atoms with Crippen molar-refractivity contribution in [2.75, 3.05) is 11.9 Å². The predicted octanol–water partition coefficient (Wildman–Crippen LogP) is 0.308. The first-order valence-corrected chi connectivity index (χ1v) is 3.84. The van der Waals surface area contributed by atoms with E-state index in [1.807, 2.05) is 0 Å². The molecule has 0 saturated heterocycles. The van der Waals surface area contributed by atoms with E-state index >= 15 is 0 Å². The van der Waals surface area contributed by atoms with Crippen LogP contribution in [0.3, 0.4) is 0 Å². The summed E-state index contributed by atoms with van der Waals surface area (Å²) < 4.78 is 0. The van der Waals surface area contributed by atoms with E-state index in [0.717, 1.165) is 5.69 Å². The Morgan fingerprint density at radius 1 is 1.54 bits per heavy atom. The third-order valence-corrected chi connectivity index (χ3v) is 1.72. The zero-order valence-corrected chi connectivity index (χ0v) is 6.82. The van der Waals surface area contributed by atoms with Gasteiger partial charge in [-0.25, -0.2) is 9.98 Å². The Bertz CT molecular complexity index is 386. The van der Waals surface area contributed by atoms with Gasteiger partial charge in [-0.05, 0) is 12.1 Å². The number of carbonyl (C=O) groups is 1. The number of anilines is 1. The van der Waals surface area contributed by atoms with E-state index in [2.05, 4.69) is 15.3 Å². The molecule has 13 heavy (non-hydrogen) atoms. The first kappa shape index (κ1) is 7.72. The lowest BCUT2D eigenvalue weighted by Gasteiger charge is -2.10. The number of aliphatic imine (C=N–C) groups is 1. The quantitative estimate of drug-likeness (QED) is 0.646. The van der Waals surface area contributed by atoms with Gasteiger partial charge in [0, 0.05) is 6.21 Å². The fourth-order valence-corrected chi connectivity index (χ4v) is 1.11. The van der Waals surface area contributed by atoms with Gasteiger partial charge in [-0.3, -0.25) is 4.79 Å². The molecule has 1 aromatic rings. The molecule has 2 rings (SSSR count). The summed E-state index contributed by atoms with van der Waals surface area (Å²) in [4.78, 5) is 18.8. The van der Waals surface area contributed by atoms with Crippen LogP contribution in [0.2, 0.25) is 0 Å². The Balaban J connectivity index is 2.48. The van der Waals surface area contributed by atoms with Crippen LogP contribution in [0, 0.1) is 0 Å². The molecule has 1 amide bonds. The number of carbonyl (C=O) groups excluding carboxylic acids is 1. The number of nitrogens with two attached hydrogens (primary N) is 1. The summed E-state index contributed by atoms with van der Waals surface area (Å²) >= 11 is 0. The molecule has 5 heteroatoms. The molecule has 0 fully saturated rings. The van der Waals surface area contributed by atoms with Crippen molar-refractivity contribution >= 4 is 23.6 Å². The molecule has 1 aliphatic rings. The lowest BCUT2D eigenvalue weighted by Crippen LogP contribution is -2.14. The van der Waals surface area contributed by atoms with Crippen LogP contribution < -0.4 is 11.1 Å². The van der Waals surface area contributed by atoms with Crippen LogP contribution in [-0.2, 0) is 0 Å². The van der Waals surface area contributed by atoms with Gasteiger partial charge in [0.05, 0.1) is 12.2 Å². The van der Waals surface area contributed by atoms with Gasteiger partial charge in [-0.15, -0.1) is 0 Å². The molecule has 0 aromatic carbocycles. The van der Waals surface area contributed by atoms with E-state index in [0.29, 0.717) is 12.4 Å². The van der Waals surface area contributed by atoms with E-state index in [1.165, 1.54) is 0 Å². The van der Waals surface area contributed by atoms with Gasteiger partial charge in [0.25, 0.3) is 5.91 Å². The molecule has 5 nitrogen and oxygen atoms in total. The van der Waals surface area contributed by atoms with Gasteiger partial charge in [0.2, 0.25) is 0 Å². The zero-order chi connectivity index (χ0) is 9.26. The molecule has 0 atom stereocenters. The standard InChI is InChI=1S/C8H8N4O/c9-7(13)5-1-2-6-8(12-5)11-4-3-10-6/h1-2,4,10H,3H2,(H2,9,13). The number of pyridine rings is 1. The van der Waals surface area contributed by atoms with Crippen molar-refractivity contribution in [3.8, 4) is 0 Å². The second-order valence-corrected chi connectivity index (χ2v) is 2.62. The first-order valence-electron chi connectivity index (χ1n) is 3.84. The van der Waals surface area contributed by atoms with E-state index in [9.17, 15) is 4.79 Å². The maximum atomic E-state index is 10.8. The molecule has 66 valence electrons. The second kappa shape index (κ2) is 2.85. The molecular weight excluding hydrogens is 168 g/mol. The SMILES string of the molecule is NC(=O)c1ccc2c(n1)N=CCN2. The Labute approximate surface area is 74.7 Å². The van der Waals surface area contributed by atoms with Crippen molar-refractivity contribution in [1.29, 1.82) is 0 Å². The van der Waals surface area contributed by atoms with E-state index in [-0.39, 0.29) is 5.69 Å². The molecular formula is C8H8N4O. The summed E-state index contributed by atoms with van der Waals surface area (Å²) in [5, 5.41) is 3.06. The number of amides is 1. The van der Waals surface area contributed by atoms with Crippen LogP contribution >= 0.6 is 0 Å². The summed E-state index contributed by atoms with van der Waals surface area (Å²) in [5.41, 5.74) is 6.14. The van der Waals surface area contributed by atoms with Crippen molar-refractivity contribution in [1.82, 2.24) is 4.98 Å². The summed E-state index contributed by atoms with van der Waals surface area (Å²) in [6.45, 7) is 0.685. The number of primary amides is 1. The summed E-state index contributed by atoms with van der Waals surface area (Å²) in [6, 6.07) is 3.33. The number of nitrogens with one attached hydrogen (secondary N) is 1. The number of hydrogen-bond acceptors (Lipinski definition) is 4. The second-order valence-electron chi connectivity index (χ2n) is 2.62. The fraction of sp³-hybridized carbons (Fsp3) is 0.125. The number of nitrogens with zero attached hydrogens (tertiary/aromatic N) is 2. The maximum absolute atomic E-state index is 10.8. The molecule has 1 aromatic heterocycles. The predicted molar refractivity (Wildman–Crippen MR) is 49.4 cm³/mol. The molecule has 0 saturated carbocycles. The highest BCUT2D eigenvalue weighted by Gasteiger charge is 2.09. The summed E-state index contributed by atoms with van der Waals surface area (Å²) in [7, 11) is 0. The minimum Gasteiger partial charge on any atom is -0.377 e. The highest BCUT2D eigenvalue weighted by Crippen LogP contribution is 2.23. The van der Waals surface area contributed by atoms with Crippen molar-refractivity contribution < 1.29 is 4.79 Å². The van der Waals surface area contributed by atoms with E-state index in [4.69, 9.17) is 5.73 Å². The molecule has 0 spiro atoms. The Morgan fingerprint density at radius 2 is 2.38 bits per heavy atom. The average Bonchev–Trinajstić information content (AvgIpc) is 2.17. The van der Waals surface area contributed by atoms with Crippen LogP contribution in [0.25, 0.3) is 0 Å². The number of aromatic nitrogens is 1. The lowest BCUT2D eigenvalue weighted by atomic mass is 10.3. The third-order valence-electron chi connectivity index (χ3n) is 1.72. The van der Waals surface area contributed by atoms with Gasteiger partial charge < -0.3 is 11.1 Å². The van der Waals surface area contributed by atoms with E-state index in [1.54, 1.807) is 18.3 Å². The molecule has 2 heterocycles. The smallest absolute Gasteiger partial charge is 0.267 e. The first-order chi connectivity index (χ1) is 6.27. The normalized spacial score (nSPS) is 13.2. The lowest BCUT2D eigenvalue weighted by molar-refractivity contribution is 0.0995. The van der Waals surface area contributed by atoms with Crippen LogP contribution in [0.15, 0.2) is 17.1 Å². The van der Waals surface area contributed by atoms with Gasteiger partial charge in [0.1, 0.15) is 5.69 Å². The highest BCUT2D eigenvalue weighted by molar-refractivity contribution is 5.92. The number of rotatable bonds is 1. The van der Waals surface area contributed by atoms with Crippen LogP contribution in [0.1, 0.15) is 10.5 Å². The number of fused-ring (bicyclic) bond motifs is 1. The molecule has 0 bridgehead atoms. The monoisotopic (exact) mass is 176 g/mol. The Hall–Kier alpha value is -1.91. The third kappa shape index (κ3) is 1.35. The Morgan fingerprint density at radius 3 is 3.15 bits per heavy atom. The Kier molecular flexibility index (Phi) is 1.70. The fourth-order valence-electron chi connectivity index (χ4n) is 1.11. The average molecular weight is 176 g/mol. The molecule has 0 radical (unpaired) electrons. The topological polar surface area (TPSA) is 80.4 Å². The van der Waals surface area contributed by atoms with E-state index < -0.39 is 5.91 Å². The largest absolute Gasteiger partial charge is 0.377 e. The minimum atomic E-state index is -0.538. The van der Waals surface area contributed by atoms with Crippen molar-refractivity contribution in [3.05, 3.63) is 17.8 Å². The molecule has 0 unspecified atom stereocenters. The van der Waals surface area contributed by atoms with Crippen molar-refractivity contribution in [2.45, 2.75) is 0 Å². The maximum Gasteiger partial charge on any atom is 0.267 e. The van der Waals surface area contributed by atoms with Crippen LogP contribution in [-0.4, -0.2) is 23.7 Å². The molecule has 3 N–H and O–H groups in total. The van der Waals surface area contributed by atoms with Gasteiger partial charge in [-0.1, -0.05) is 0 Å². The molecule has 1 aliphatic heterocycles. The van der Waals surface area contributed by atoms with Gasteiger partial charge >= 0.3 is 0 Å². The van der Waals surface area contributed by atoms with Gasteiger partial charge in [-0.2, -0.15) is 0 Å². The summed E-state index contributed by atoms with van der Waals surface area (Å²) in [5.74, 6) is -0.0221. The highest BCUT2D eigenvalue weighted by atomic mass is 16.1.